The third-order valence-electron chi connectivity index (χ3n) is 5.57. The fourth-order valence-electron chi connectivity index (χ4n) is 4.26. The molecule has 1 aliphatic carbocycles. The molecule has 0 aromatic heterocycles. The largest absolute Gasteiger partial charge is 0.372 e. The molecular weight excluding hydrogens is 310 g/mol. The number of rotatable bonds is 2. The minimum atomic E-state index is -0.804. The Morgan fingerprint density at radius 2 is 1.88 bits per heavy atom. The zero-order chi connectivity index (χ0) is 17.5. The Hall–Kier alpha value is -1.63. The van der Waals surface area contributed by atoms with Crippen LogP contribution in [0.4, 0.5) is 4.79 Å². The molecule has 0 aromatic rings. The number of urea groups is 1. The summed E-state index contributed by atoms with van der Waals surface area (Å²) in [4.78, 5) is 40.6. The van der Waals surface area contributed by atoms with E-state index >= 15 is 0 Å². The van der Waals surface area contributed by atoms with Crippen LogP contribution in [-0.2, 0) is 14.3 Å². The molecule has 1 spiro atoms. The van der Waals surface area contributed by atoms with Crippen molar-refractivity contribution in [3.8, 4) is 0 Å². The highest BCUT2D eigenvalue weighted by molar-refractivity contribution is 6.09. The van der Waals surface area contributed by atoms with Gasteiger partial charge in [-0.25, -0.2) is 4.79 Å². The van der Waals surface area contributed by atoms with Gasteiger partial charge in [-0.3, -0.25) is 14.5 Å². The van der Waals surface area contributed by atoms with E-state index in [2.05, 4.69) is 5.32 Å². The maximum absolute atomic E-state index is 12.9. The molecule has 0 aromatic carbocycles. The quantitative estimate of drug-likeness (QED) is 0.766. The number of imide groups is 1. The first kappa shape index (κ1) is 17.2. The second-order valence-electron chi connectivity index (χ2n) is 7.50. The Kier molecular flexibility index (Phi) is 4.55. The molecule has 3 fully saturated rings. The van der Waals surface area contributed by atoms with Crippen molar-refractivity contribution in [2.45, 2.75) is 64.2 Å². The van der Waals surface area contributed by atoms with Gasteiger partial charge in [-0.05, 0) is 32.6 Å². The minimum Gasteiger partial charge on any atom is -0.372 e. The molecule has 3 aliphatic rings. The van der Waals surface area contributed by atoms with Gasteiger partial charge in [0.25, 0.3) is 5.91 Å². The van der Waals surface area contributed by atoms with Gasteiger partial charge in [0.15, 0.2) is 0 Å². The molecule has 3 rings (SSSR count). The molecule has 0 unspecified atom stereocenters. The van der Waals surface area contributed by atoms with Crippen molar-refractivity contribution in [3.05, 3.63) is 0 Å². The van der Waals surface area contributed by atoms with Crippen LogP contribution in [0.5, 0.6) is 0 Å². The second kappa shape index (κ2) is 6.35. The SMILES string of the molecule is C[C@@H]1CN(C(=O)CN2C(=O)N[C@@]3(CCCC[C@H]3C)C2=O)C[C@H](C)O1. The number of carbonyl (C=O) groups is 3. The molecule has 2 heterocycles. The number of ether oxygens (including phenoxy) is 1. The Morgan fingerprint density at radius 1 is 1.21 bits per heavy atom. The molecule has 1 saturated carbocycles. The molecule has 2 aliphatic heterocycles. The number of nitrogens with zero attached hydrogens (tertiary/aromatic N) is 2. The van der Waals surface area contributed by atoms with Crippen molar-refractivity contribution in [2.75, 3.05) is 19.6 Å². The first-order valence-corrected chi connectivity index (χ1v) is 8.91. The lowest BCUT2D eigenvalue weighted by atomic mass is 9.73. The zero-order valence-corrected chi connectivity index (χ0v) is 14.7. The lowest BCUT2D eigenvalue weighted by Crippen LogP contribution is -2.54. The smallest absolute Gasteiger partial charge is 0.325 e. The highest BCUT2D eigenvalue weighted by Gasteiger charge is 2.55. The normalized spacial score (nSPS) is 37.0. The number of carbonyl (C=O) groups excluding carboxylic acids is 3. The van der Waals surface area contributed by atoms with Crippen LogP contribution in [0, 0.1) is 5.92 Å². The van der Waals surface area contributed by atoms with E-state index in [9.17, 15) is 14.4 Å². The van der Waals surface area contributed by atoms with E-state index in [0.29, 0.717) is 19.5 Å². The molecule has 4 amide bonds. The number of hydrogen-bond acceptors (Lipinski definition) is 4. The third kappa shape index (κ3) is 2.90. The van der Waals surface area contributed by atoms with E-state index in [1.54, 1.807) is 4.90 Å². The summed E-state index contributed by atoms with van der Waals surface area (Å²) < 4.78 is 5.63. The van der Waals surface area contributed by atoms with Crippen molar-refractivity contribution in [2.24, 2.45) is 5.92 Å². The van der Waals surface area contributed by atoms with E-state index < -0.39 is 11.6 Å². The van der Waals surface area contributed by atoms with Crippen molar-refractivity contribution in [3.63, 3.8) is 0 Å². The van der Waals surface area contributed by atoms with E-state index in [1.807, 2.05) is 20.8 Å². The number of nitrogens with one attached hydrogen (secondary N) is 1. The Labute approximate surface area is 142 Å². The topological polar surface area (TPSA) is 79.0 Å². The second-order valence-corrected chi connectivity index (χ2v) is 7.50. The van der Waals surface area contributed by atoms with E-state index in [-0.39, 0.29) is 36.5 Å². The van der Waals surface area contributed by atoms with Gasteiger partial charge in [0, 0.05) is 13.1 Å². The standard InChI is InChI=1S/C17H27N3O4/c1-11-6-4-5-7-17(11)15(22)20(16(23)18-17)10-14(21)19-8-12(2)24-13(3)9-19/h11-13H,4-10H2,1-3H3,(H,18,23)/t11-,12-,13+,17-/m1/s1. The summed E-state index contributed by atoms with van der Waals surface area (Å²) >= 11 is 0. The highest BCUT2D eigenvalue weighted by Crippen LogP contribution is 2.38. The Bertz CT molecular complexity index is 542. The van der Waals surface area contributed by atoms with Gasteiger partial charge in [-0.1, -0.05) is 19.8 Å². The molecule has 134 valence electrons. The average molecular weight is 337 g/mol. The van der Waals surface area contributed by atoms with Crippen LogP contribution < -0.4 is 5.32 Å². The summed E-state index contributed by atoms with van der Waals surface area (Å²) in [5, 5.41) is 2.89. The number of hydrogen-bond donors (Lipinski definition) is 1. The first-order chi connectivity index (χ1) is 11.3. The summed E-state index contributed by atoms with van der Waals surface area (Å²) in [7, 11) is 0. The predicted octanol–water partition coefficient (Wildman–Crippen LogP) is 1.12. The lowest BCUT2D eigenvalue weighted by Gasteiger charge is -2.37. The molecule has 0 radical (unpaired) electrons. The molecule has 24 heavy (non-hydrogen) atoms. The zero-order valence-electron chi connectivity index (χ0n) is 14.7. The summed E-state index contributed by atoms with van der Waals surface area (Å²) in [6, 6.07) is -0.434. The summed E-state index contributed by atoms with van der Waals surface area (Å²) in [6.07, 6.45) is 3.52. The predicted molar refractivity (Wildman–Crippen MR) is 87.2 cm³/mol. The van der Waals surface area contributed by atoms with Gasteiger partial charge in [-0.2, -0.15) is 0 Å². The Morgan fingerprint density at radius 3 is 2.50 bits per heavy atom. The van der Waals surface area contributed by atoms with Crippen LogP contribution in [0.2, 0.25) is 0 Å². The maximum atomic E-state index is 12.9. The lowest BCUT2D eigenvalue weighted by molar-refractivity contribution is -0.147. The van der Waals surface area contributed by atoms with E-state index in [1.165, 1.54) is 0 Å². The van der Waals surface area contributed by atoms with Gasteiger partial charge in [0.1, 0.15) is 12.1 Å². The van der Waals surface area contributed by atoms with Crippen molar-refractivity contribution >= 4 is 17.8 Å². The van der Waals surface area contributed by atoms with Crippen molar-refractivity contribution in [1.82, 2.24) is 15.1 Å². The summed E-state index contributed by atoms with van der Waals surface area (Å²) in [6.45, 7) is 6.65. The molecule has 7 nitrogen and oxygen atoms in total. The molecule has 0 bridgehead atoms. The number of amides is 4. The first-order valence-electron chi connectivity index (χ1n) is 8.91. The highest BCUT2D eigenvalue weighted by atomic mass is 16.5. The maximum Gasteiger partial charge on any atom is 0.325 e. The molecule has 2 saturated heterocycles. The summed E-state index contributed by atoms with van der Waals surface area (Å²) in [5.74, 6) is -0.324. The van der Waals surface area contributed by atoms with Crippen LogP contribution in [-0.4, -0.2) is 65.0 Å². The average Bonchev–Trinajstić information content (AvgIpc) is 2.74. The monoisotopic (exact) mass is 337 g/mol. The van der Waals surface area contributed by atoms with Crippen LogP contribution in [0.15, 0.2) is 0 Å². The fourth-order valence-corrected chi connectivity index (χ4v) is 4.26. The van der Waals surface area contributed by atoms with Crippen molar-refractivity contribution < 1.29 is 19.1 Å². The van der Waals surface area contributed by atoms with Gasteiger partial charge < -0.3 is 15.0 Å². The van der Waals surface area contributed by atoms with Gasteiger partial charge >= 0.3 is 6.03 Å². The van der Waals surface area contributed by atoms with E-state index in [4.69, 9.17) is 4.74 Å². The molecule has 1 N–H and O–H groups in total. The summed E-state index contributed by atoms with van der Waals surface area (Å²) in [5.41, 5.74) is -0.804. The molecule has 7 heteroatoms. The molecule has 4 atom stereocenters. The van der Waals surface area contributed by atoms with Crippen LogP contribution in [0.3, 0.4) is 0 Å². The van der Waals surface area contributed by atoms with E-state index in [0.717, 1.165) is 24.2 Å². The van der Waals surface area contributed by atoms with Crippen molar-refractivity contribution in [1.29, 1.82) is 0 Å². The third-order valence-corrected chi connectivity index (χ3v) is 5.57. The minimum absolute atomic E-state index is 0.0366. The number of morpholine rings is 1. The van der Waals surface area contributed by atoms with Gasteiger partial charge in [0.2, 0.25) is 5.91 Å². The van der Waals surface area contributed by atoms with Gasteiger partial charge in [-0.15, -0.1) is 0 Å². The van der Waals surface area contributed by atoms with Crippen LogP contribution >= 0.6 is 0 Å². The fraction of sp³-hybridized carbons (Fsp3) is 0.824. The Balaban J connectivity index is 1.70. The van der Waals surface area contributed by atoms with Gasteiger partial charge in [0.05, 0.1) is 12.2 Å². The molecular formula is C17H27N3O4. The van der Waals surface area contributed by atoms with Crippen LogP contribution in [0.25, 0.3) is 0 Å². The van der Waals surface area contributed by atoms with Crippen LogP contribution in [0.1, 0.15) is 46.5 Å².